The number of aromatic nitrogens is 4. The van der Waals surface area contributed by atoms with Crippen LogP contribution in [-0.4, -0.2) is 32.4 Å². The Balaban J connectivity index is 1.30. The molecule has 0 spiro atoms. The van der Waals surface area contributed by atoms with Gasteiger partial charge in [-0.3, -0.25) is 14.8 Å². The van der Waals surface area contributed by atoms with E-state index in [1.165, 1.54) is 5.56 Å². The molecular formula is C32H28N6O. The maximum absolute atomic E-state index is 12.3. The fraction of sp³-hybridized carbons (Fsp3) is 0.188. The zero-order valence-electron chi connectivity index (χ0n) is 21.7. The minimum Gasteiger partial charge on any atom is -0.337 e. The number of nitrogens with one attached hydrogen (secondary N) is 3. The molecule has 0 saturated heterocycles. The second-order valence-electron chi connectivity index (χ2n) is 10.3. The van der Waals surface area contributed by atoms with Crippen molar-refractivity contribution in [1.29, 1.82) is 0 Å². The summed E-state index contributed by atoms with van der Waals surface area (Å²) in [6.07, 6.45) is 9.51. The number of imidazole rings is 1. The van der Waals surface area contributed by atoms with E-state index in [-0.39, 0.29) is 11.8 Å². The highest BCUT2D eigenvalue weighted by Gasteiger charge is 2.29. The molecule has 1 amide bonds. The van der Waals surface area contributed by atoms with Gasteiger partial charge in [-0.2, -0.15) is 0 Å². The molecule has 4 heterocycles. The molecule has 7 nitrogen and oxygen atoms in total. The van der Waals surface area contributed by atoms with Crippen LogP contribution in [-0.2, 0) is 11.3 Å². The summed E-state index contributed by atoms with van der Waals surface area (Å²) in [5.41, 5.74) is 11.1. The molecule has 2 aliphatic rings. The van der Waals surface area contributed by atoms with Crippen LogP contribution in [0.15, 0.2) is 79.3 Å². The van der Waals surface area contributed by atoms with Gasteiger partial charge in [-0.25, -0.2) is 4.98 Å². The van der Waals surface area contributed by atoms with Crippen LogP contribution < -0.4 is 10.6 Å². The van der Waals surface area contributed by atoms with Crippen LogP contribution in [0, 0.1) is 12.8 Å². The molecule has 39 heavy (non-hydrogen) atoms. The number of aryl methyl sites for hydroxylation is 1. The lowest BCUT2D eigenvalue weighted by Crippen LogP contribution is -2.13. The first-order valence-corrected chi connectivity index (χ1v) is 13.4. The summed E-state index contributed by atoms with van der Waals surface area (Å²) in [5.74, 6) is 1.06. The molecule has 1 aliphatic carbocycles. The number of hydrogen-bond acceptors (Lipinski definition) is 5. The van der Waals surface area contributed by atoms with Crippen molar-refractivity contribution in [1.82, 2.24) is 25.3 Å². The van der Waals surface area contributed by atoms with Crippen LogP contribution in [0.4, 0.5) is 5.69 Å². The molecule has 3 aromatic heterocycles. The Labute approximate surface area is 226 Å². The number of amides is 1. The third kappa shape index (κ3) is 4.51. The first-order chi connectivity index (χ1) is 19.1. The molecule has 0 radical (unpaired) electrons. The number of fused-ring (bicyclic) bond motifs is 2. The van der Waals surface area contributed by atoms with E-state index in [9.17, 15) is 4.79 Å². The molecule has 1 aliphatic heterocycles. The number of rotatable bonds is 5. The number of pyridine rings is 2. The van der Waals surface area contributed by atoms with E-state index >= 15 is 0 Å². The second kappa shape index (κ2) is 9.60. The third-order valence-electron chi connectivity index (χ3n) is 7.50. The van der Waals surface area contributed by atoms with E-state index in [2.05, 4.69) is 68.9 Å². The lowest BCUT2D eigenvalue weighted by atomic mass is 9.94. The van der Waals surface area contributed by atoms with Gasteiger partial charge in [0.15, 0.2) is 0 Å². The highest BCUT2D eigenvalue weighted by atomic mass is 16.2. The summed E-state index contributed by atoms with van der Waals surface area (Å²) in [6.45, 7) is 3.60. The van der Waals surface area contributed by atoms with Crippen LogP contribution in [0.3, 0.4) is 0 Å². The van der Waals surface area contributed by atoms with Crippen LogP contribution in [0.1, 0.15) is 35.4 Å². The molecule has 0 bridgehead atoms. The lowest BCUT2D eigenvalue weighted by Gasteiger charge is -2.13. The molecule has 7 heteroatoms. The highest BCUT2D eigenvalue weighted by molar-refractivity contribution is 5.96. The van der Waals surface area contributed by atoms with Gasteiger partial charge in [0, 0.05) is 48.1 Å². The Morgan fingerprint density at radius 2 is 1.92 bits per heavy atom. The molecule has 5 aromatic rings. The van der Waals surface area contributed by atoms with Crippen LogP contribution in [0.25, 0.3) is 39.0 Å². The van der Waals surface area contributed by atoms with E-state index in [1.54, 1.807) is 6.20 Å². The lowest BCUT2D eigenvalue weighted by molar-refractivity contribution is -0.117. The number of nitrogens with zero attached hydrogens (tertiary/aromatic N) is 3. The van der Waals surface area contributed by atoms with Gasteiger partial charge in [0.25, 0.3) is 0 Å². The number of carbonyl (C=O) groups is 1. The van der Waals surface area contributed by atoms with Crippen molar-refractivity contribution in [3.05, 3.63) is 102 Å². The molecule has 192 valence electrons. The van der Waals surface area contributed by atoms with E-state index in [0.29, 0.717) is 0 Å². The van der Waals surface area contributed by atoms with Gasteiger partial charge in [0.1, 0.15) is 5.82 Å². The van der Waals surface area contributed by atoms with Gasteiger partial charge in [0.05, 0.1) is 28.6 Å². The van der Waals surface area contributed by atoms with Gasteiger partial charge in [-0.15, -0.1) is 0 Å². The van der Waals surface area contributed by atoms with Crippen molar-refractivity contribution in [2.24, 2.45) is 5.92 Å². The van der Waals surface area contributed by atoms with E-state index in [4.69, 9.17) is 4.98 Å². The first kappa shape index (κ1) is 23.5. The van der Waals surface area contributed by atoms with Crippen LogP contribution in [0.5, 0.6) is 0 Å². The number of H-pyrrole nitrogens is 1. The van der Waals surface area contributed by atoms with Crippen molar-refractivity contribution in [3.63, 3.8) is 0 Å². The predicted molar refractivity (Wildman–Crippen MR) is 154 cm³/mol. The average molecular weight is 513 g/mol. The Morgan fingerprint density at radius 1 is 1.00 bits per heavy atom. The summed E-state index contributed by atoms with van der Waals surface area (Å²) in [6, 6.07) is 18.7. The molecule has 1 saturated carbocycles. The van der Waals surface area contributed by atoms with E-state index < -0.39 is 0 Å². The summed E-state index contributed by atoms with van der Waals surface area (Å²) < 4.78 is 0. The van der Waals surface area contributed by atoms with Gasteiger partial charge >= 0.3 is 0 Å². The van der Waals surface area contributed by atoms with Crippen LogP contribution >= 0.6 is 0 Å². The maximum Gasteiger partial charge on any atom is 0.227 e. The number of benzene rings is 2. The minimum absolute atomic E-state index is 0.0809. The molecule has 1 fully saturated rings. The number of carbonyl (C=O) groups excluding carboxylic acids is 1. The molecule has 2 aromatic carbocycles. The predicted octanol–water partition coefficient (Wildman–Crippen LogP) is 5.88. The molecule has 0 atom stereocenters. The summed E-state index contributed by atoms with van der Waals surface area (Å²) in [5, 5.41) is 6.52. The molecule has 0 unspecified atom stereocenters. The highest BCUT2D eigenvalue weighted by Crippen LogP contribution is 2.35. The van der Waals surface area contributed by atoms with Crippen molar-refractivity contribution in [3.8, 4) is 22.4 Å². The minimum atomic E-state index is 0.0809. The smallest absolute Gasteiger partial charge is 0.227 e. The first-order valence-electron chi connectivity index (χ1n) is 13.4. The Kier molecular flexibility index (Phi) is 5.78. The third-order valence-corrected chi connectivity index (χ3v) is 7.50. The van der Waals surface area contributed by atoms with E-state index in [0.717, 1.165) is 87.6 Å². The number of aromatic amines is 1. The molecule has 7 rings (SSSR count). The van der Waals surface area contributed by atoms with Gasteiger partial charge in [-0.05, 0) is 66.3 Å². The van der Waals surface area contributed by atoms with Crippen LogP contribution in [0.2, 0.25) is 0 Å². The number of anilines is 1. The Bertz CT molecular complexity index is 1750. The fourth-order valence-corrected chi connectivity index (χ4v) is 5.22. The van der Waals surface area contributed by atoms with Crippen molar-refractivity contribution in [2.75, 3.05) is 11.9 Å². The van der Waals surface area contributed by atoms with Crippen molar-refractivity contribution < 1.29 is 4.79 Å². The largest absolute Gasteiger partial charge is 0.337 e. The molecular weight excluding hydrogens is 484 g/mol. The van der Waals surface area contributed by atoms with Crippen molar-refractivity contribution in [2.45, 2.75) is 26.3 Å². The zero-order valence-corrected chi connectivity index (χ0v) is 21.7. The average Bonchev–Trinajstić information content (AvgIpc) is 3.76. The van der Waals surface area contributed by atoms with Gasteiger partial charge in [0.2, 0.25) is 5.91 Å². The summed E-state index contributed by atoms with van der Waals surface area (Å²) >= 11 is 0. The van der Waals surface area contributed by atoms with Gasteiger partial charge < -0.3 is 15.6 Å². The van der Waals surface area contributed by atoms with E-state index in [1.807, 2.05) is 36.7 Å². The fourth-order valence-electron chi connectivity index (χ4n) is 5.22. The zero-order chi connectivity index (χ0) is 26.3. The molecule has 3 N–H and O–H groups in total. The summed E-state index contributed by atoms with van der Waals surface area (Å²) in [4.78, 5) is 30.0. The Hall–Kier alpha value is -4.62. The number of hydrogen-bond donors (Lipinski definition) is 3. The SMILES string of the molecule is Cc1ccc(-c2ccccn2)c2[nH]c(C3=CCNCc4ccc(-c5cncc(NC(=O)C6CC6)c5)cc43)nc12. The Morgan fingerprint density at radius 3 is 2.77 bits per heavy atom. The van der Waals surface area contributed by atoms with Crippen molar-refractivity contribution >= 4 is 28.2 Å². The monoisotopic (exact) mass is 512 g/mol. The van der Waals surface area contributed by atoms with Gasteiger partial charge in [-0.1, -0.05) is 36.4 Å². The quantitative estimate of drug-likeness (QED) is 0.273. The standard InChI is InChI=1S/C32H28N6O/c1-19-5-10-26(28-4-2-3-12-35-28)30-29(19)37-31(38-30)25-11-13-33-16-22-9-8-21(15-27(22)25)23-14-24(18-34-17-23)36-32(39)20-6-7-20/h2-5,8-12,14-15,17-18,20,33H,6-7,13,16H2,1H3,(H,36,39)(H,37,38). The summed E-state index contributed by atoms with van der Waals surface area (Å²) in [7, 11) is 0. The maximum atomic E-state index is 12.3. The normalized spacial score (nSPS) is 14.9. The topological polar surface area (TPSA) is 95.6 Å². The second-order valence-corrected chi connectivity index (χ2v) is 10.3.